The average Bonchev–Trinajstić information content (AvgIpc) is 2.99. The molecular formula is C11H12FN7O4. The van der Waals surface area contributed by atoms with E-state index in [4.69, 9.17) is 16.0 Å². The Morgan fingerprint density at radius 2 is 2.30 bits per heavy atom. The highest BCUT2D eigenvalue weighted by Gasteiger charge is 2.55. The van der Waals surface area contributed by atoms with E-state index in [1.165, 1.54) is 0 Å². The molecule has 4 atom stereocenters. The van der Waals surface area contributed by atoms with Gasteiger partial charge >= 0.3 is 0 Å². The smallest absolute Gasteiger partial charge is 0.199 e. The fourth-order valence-corrected chi connectivity index (χ4v) is 2.60. The molecule has 0 aliphatic carbocycles. The van der Waals surface area contributed by atoms with Crippen LogP contribution in [0.25, 0.3) is 16.0 Å². The van der Waals surface area contributed by atoms with Crippen molar-refractivity contribution in [3.8, 4) is 0 Å². The zero-order valence-electron chi connectivity index (χ0n) is 11.5. The van der Waals surface area contributed by atoms with Crippen LogP contribution in [-0.4, -0.2) is 54.5 Å². The second-order valence-electron chi connectivity index (χ2n) is 4.99. The van der Waals surface area contributed by atoms with Crippen molar-refractivity contribution in [3.05, 3.63) is 34.3 Å². The van der Waals surface area contributed by atoms with Gasteiger partial charge in [-0.05, 0) is 5.53 Å². The quantitative estimate of drug-likeness (QED) is 0.326. The maximum atomic E-state index is 14.1. The molecule has 2 aromatic rings. The SMILES string of the molecule is [N-]=[N+]=N[C@]1(CO)O[C@@H](c2cc(F)c3c(N)ncnn23)[C@H](O)[C@@H]1O. The normalized spacial score (nSPS) is 30.5. The summed E-state index contributed by atoms with van der Waals surface area (Å²) in [6.45, 7) is -0.880. The van der Waals surface area contributed by atoms with E-state index < -0.39 is 36.5 Å². The minimum atomic E-state index is -2.09. The number of nitrogens with two attached hydrogens (primary N) is 1. The second-order valence-corrected chi connectivity index (χ2v) is 4.99. The minimum absolute atomic E-state index is 0.0154. The third kappa shape index (κ3) is 2.09. The largest absolute Gasteiger partial charge is 0.393 e. The van der Waals surface area contributed by atoms with Gasteiger partial charge in [0.1, 0.15) is 30.2 Å². The van der Waals surface area contributed by atoms with Crippen molar-refractivity contribution < 1.29 is 24.4 Å². The van der Waals surface area contributed by atoms with E-state index in [0.29, 0.717) is 0 Å². The van der Waals surface area contributed by atoms with Gasteiger partial charge in [-0.1, -0.05) is 5.11 Å². The Balaban J connectivity index is 2.13. The van der Waals surface area contributed by atoms with E-state index in [1.807, 2.05) is 0 Å². The number of nitrogen functional groups attached to an aromatic ring is 1. The van der Waals surface area contributed by atoms with Crippen molar-refractivity contribution in [3.63, 3.8) is 0 Å². The fourth-order valence-electron chi connectivity index (χ4n) is 2.60. The zero-order valence-corrected chi connectivity index (χ0v) is 11.5. The molecule has 2 aromatic heterocycles. The van der Waals surface area contributed by atoms with Gasteiger partial charge in [0, 0.05) is 11.0 Å². The first-order chi connectivity index (χ1) is 10.9. The number of anilines is 1. The molecule has 0 radical (unpaired) electrons. The Morgan fingerprint density at radius 3 is 2.96 bits per heavy atom. The van der Waals surface area contributed by atoms with Gasteiger partial charge in [0.15, 0.2) is 17.4 Å². The lowest BCUT2D eigenvalue weighted by atomic mass is 10.0. The van der Waals surface area contributed by atoms with Crippen molar-refractivity contribution in [2.24, 2.45) is 5.11 Å². The molecule has 0 aromatic carbocycles. The van der Waals surface area contributed by atoms with Crippen LogP contribution in [-0.2, 0) is 4.74 Å². The summed E-state index contributed by atoms with van der Waals surface area (Å²) >= 11 is 0. The number of nitrogens with zero attached hydrogens (tertiary/aromatic N) is 6. The van der Waals surface area contributed by atoms with Gasteiger partial charge in [-0.15, -0.1) is 0 Å². The highest BCUT2D eigenvalue weighted by Crippen LogP contribution is 2.41. The summed E-state index contributed by atoms with van der Waals surface area (Å²) in [5, 5.41) is 36.6. The van der Waals surface area contributed by atoms with Crippen LogP contribution in [0.1, 0.15) is 11.8 Å². The molecule has 1 saturated heterocycles. The van der Waals surface area contributed by atoms with E-state index in [-0.39, 0.29) is 17.0 Å². The van der Waals surface area contributed by atoms with Crippen LogP contribution in [0.5, 0.6) is 0 Å². The van der Waals surface area contributed by atoms with Crippen molar-refractivity contribution in [1.29, 1.82) is 0 Å². The molecule has 122 valence electrons. The number of hydrogen-bond acceptors (Lipinski definition) is 8. The summed E-state index contributed by atoms with van der Waals surface area (Å²) in [6, 6.07) is 1.00. The molecule has 0 saturated carbocycles. The third-order valence-electron chi connectivity index (χ3n) is 3.72. The van der Waals surface area contributed by atoms with E-state index in [1.54, 1.807) is 0 Å². The Labute approximate surface area is 127 Å². The maximum Gasteiger partial charge on any atom is 0.199 e. The van der Waals surface area contributed by atoms with Gasteiger partial charge in [0.25, 0.3) is 0 Å². The number of rotatable bonds is 3. The van der Waals surface area contributed by atoms with Crippen molar-refractivity contribution in [2.45, 2.75) is 24.0 Å². The predicted octanol–water partition coefficient (Wildman–Crippen LogP) is -0.757. The molecule has 0 spiro atoms. The molecule has 1 fully saturated rings. The standard InChI is InChI=1S/C11H12FN7O4/c12-4-1-5(19-6(4)10(13)15-3-16-19)8-7(21)9(22)11(2-20,23-8)17-18-14/h1,3,7-9,20-22H,2H2,(H2,13,15,16)/t7-,8-,9-,11+/m0/s1. The number of aliphatic hydroxyl groups is 3. The molecule has 1 aliphatic rings. The second kappa shape index (κ2) is 5.30. The first kappa shape index (κ1) is 15.4. The lowest BCUT2D eigenvalue weighted by Crippen LogP contribution is -2.44. The van der Waals surface area contributed by atoms with Crippen LogP contribution in [0, 0.1) is 5.82 Å². The summed E-state index contributed by atoms with van der Waals surface area (Å²) < 4.78 is 20.5. The zero-order chi connectivity index (χ0) is 16.8. The predicted molar refractivity (Wildman–Crippen MR) is 72.2 cm³/mol. The summed E-state index contributed by atoms with van der Waals surface area (Å²) in [5.41, 5.74) is 12.0. The van der Waals surface area contributed by atoms with Gasteiger partial charge in [0.2, 0.25) is 0 Å². The topological polar surface area (TPSA) is 175 Å². The number of azide groups is 1. The number of aromatic nitrogens is 3. The van der Waals surface area contributed by atoms with E-state index in [0.717, 1.165) is 16.9 Å². The van der Waals surface area contributed by atoms with Crippen LogP contribution in [0.15, 0.2) is 17.5 Å². The Bertz CT molecular complexity index is 807. The first-order valence-electron chi connectivity index (χ1n) is 6.44. The molecule has 0 unspecified atom stereocenters. The highest BCUT2D eigenvalue weighted by atomic mass is 19.1. The molecule has 3 rings (SSSR count). The monoisotopic (exact) mass is 325 g/mol. The molecule has 12 heteroatoms. The number of halogens is 1. The average molecular weight is 325 g/mol. The summed E-state index contributed by atoms with van der Waals surface area (Å²) in [5.74, 6) is -0.881. The van der Waals surface area contributed by atoms with Gasteiger partial charge in [-0.2, -0.15) is 5.10 Å². The van der Waals surface area contributed by atoms with Crippen LogP contribution in [0.3, 0.4) is 0 Å². The van der Waals surface area contributed by atoms with Crippen LogP contribution >= 0.6 is 0 Å². The number of aliphatic hydroxyl groups excluding tert-OH is 3. The van der Waals surface area contributed by atoms with Crippen molar-refractivity contribution in [1.82, 2.24) is 14.6 Å². The number of ether oxygens (including phenoxy) is 1. The van der Waals surface area contributed by atoms with E-state index in [2.05, 4.69) is 20.1 Å². The maximum absolute atomic E-state index is 14.1. The van der Waals surface area contributed by atoms with Gasteiger partial charge < -0.3 is 25.8 Å². The molecule has 0 amide bonds. The summed E-state index contributed by atoms with van der Waals surface area (Å²) in [7, 11) is 0. The van der Waals surface area contributed by atoms with Crippen molar-refractivity contribution >= 4 is 11.3 Å². The lowest BCUT2D eigenvalue weighted by Gasteiger charge is -2.23. The van der Waals surface area contributed by atoms with Gasteiger partial charge in [-0.25, -0.2) is 13.9 Å². The summed E-state index contributed by atoms with van der Waals surface area (Å²) in [4.78, 5) is 6.16. The van der Waals surface area contributed by atoms with Crippen LogP contribution in [0.4, 0.5) is 10.2 Å². The molecule has 5 N–H and O–H groups in total. The van der Waals surface area contributed by atoms with Crippen LogP contribution in [0.2, 0.25) is 0 Å². The highest BCUT2D eigenvalue weighted by molar-refractivity contribution is 5.66. The minimum Gasteiger partial charge on any atom is -0.393 e. The summed E-state index contributed by atoms with van der Waals surface area (Å²) in [6.07, 6.45) is -3.55. The number of fused-ring (bicyclic) bond motifs is 1. The van der Waals surface area contributed by atoms with Gasteiger partial charge in [-0.3, -0.25) is 0 Å². The molecule has 23 heavy (non-hydrogen) atoms. The molecule has 0 bridgehead atoms. The Kier molecular flexibility index (Phi) is 3.55. The third-order valence-corrected chi connectivity index (χ3v) is 3.72. The first-order valence-corrected chi connectivity index (χ1v) is 6.44. The lowest BCUT2D eigenvalue weighted by molar-refractivity contribution is -0.108. The Morgan fingerprint density at radius 1 is 1.57 bits per heavy atom. The molecule has 3 heterocycles. The molecular weight excluding hydrogens is 313 g/mol. The van der Waals surface area contributed by atoms with Crippen LogP contribution < -0.4 is 5.73 Å². The number of hydrogen-bond donors (Lipinski definition) is 4. The van der Waals surface area contributed by atoms with Crippen molar-refractivity contribution in [2.75, 3.05) is 12.3 Å². The molecule has 11 nitrogen and oxygen atoms in total. The van der Waals surface area contributed by atoms with Gasteiger partial charge in [0.05, 0.1) is 12.3 Å². The fraction of sp³-hybridized carbons (Fsp3) is 0.455. The van der Waals surface area contributed by atoms with E-state index >= 15 is 0 Å². The molecule has 1 aliphatic heterocycles. The Hall–Kier alpha value is -2.50. The van der Waals surface area contributed by atoms with E-state index in [9.17, 15) is 19.7 Å².